The molecular weight excluding hydrogens is 556 g/mol. The van der Waals surface area contributed by atoms with Crippen LogP contribution in [0.15, 0.2) is 78.9 Å². The number of aryl methyl sites for hydroxylation is 3. The molecule has 0 bridgehead atoms. The zero-order valence-corrected chi connectivity index (χ0v) is 26.1. The lowest BCUT2D eigenvalue weighted by Crippen LogP contribution is -2.49. The molecule has 0 aromatic heterocycles. The van der Waals surface area contributed by atoms with E-state index in [1.165, 1.54) is 18.2 Å². The molecule has 2 N–H and O–H groups in total. The molecule has 1 fully saturated rings. The van der Waals surface area contributed by atoms with E-state index in [1.54, 1.807) is 0 Å². The second-order valence-corrected chi connectivity index (χ2v) is 11.5. The van der Waals surface area contributed by atoms with Crippen molar-refractivity contribution in [2.45, 2.75) is 40.7 Å². The minimum atomic E-state index is -0.194. The van der Waals surface area contributed by atoms with Crippen molar-refractivity contribution in [3.8, 4) is 11.1 Å². The van der Waals surface area contributed by atoms with Crippen LogP contribution in [0.3, 0.4) is 0 Å². The molecule has 43 heavy (non-hydrogen) atoms. The van der Waals surface area contributed by atoms with Crippen LogP contribution in [0.5, 0.6) is 0 Å². The number of hydrogen-bond donors (Lipinski definition) is 2. The number of hydrogen-bond acceptors (Lipinski definition) is 4. The second kappa shape index (κ2) is 13.3. The van der Waals surface area contributed by atoms with Crippen molar-refractivity contribution >= 4 is 40.5 Å². The van der Waals surface area contributed by atoms with Gasteiger partial charge in [0.25, 0.3) is 5.91 Å². The molecule has 4 aromatic rings. The van der Waals surface area contributed by atoms with Gasteiger partial charge in [-0.15, -0.1) is 0 Å². The topological polar surface area (TPSA) is 64.7 Å². The summed E-state index contributed by atoms with van der Waals surface area (Å²) in [5.74, 6) is -0.231. The number of para-hydroxylation sites is 2. The van der Waals surface area contributed by atoms with Crippen molar-refractivity contribution in [1.82, 2.24) is 4.90 Å². The van der Waals surface area contributed by atoms with E-state index in [2.05, 4.69) is 72.7 Å². The SMILES string of the molecule is CCc1cccc(Cl)c1NCc1c(NC(C)=O)cc(C(=O)N2CCN(c3ccccc3C)CC2)cc1-c1ccccc1C. The van der Waals surface area contributed by atoms with Gasteiger partial charge in [0.15, 0.2) is 0 Å². The van der Waals surface area contributed by atoms with Crippen molar-refractivity contribution in [3.05, 3.63) is 112 Å². The molecule has 0 saturated carbocycles. The first-order valence-electron chi connectivity index (χ1n) is 14.9. The zero-order valence-electron chi connectivity index (χ0n) is 25.3. The van der Waals surface area contributed by atoms with E-state index in [0.717, 1.165) is 53.0 Å². The Morgan fingerprint density at radius 2 is 1.53 bits per heavy atom. The molecule has 1 saturated heterocycles. The highest BCUT2D eigenvalue weighted by Gasteiger charge is 2.25. The minimum Gasteiger partial charge on any atom is -0.379 e. The average Bonchev–Trinajstić information content (AvgIpc) is 3.00. The van der Waals surface area contributed by atoms with E-state index in [1.807, 2.05) is 47.4 Å². The monoisotopic (exact) mass is 594 g/mol. The quantitative estimate of drug-likeness (QED) is 0.219. The van der Waals surface area contributed by atoms with E-state index in [4.69, 9.17) is 11.6 Å². The van der Waals surface area contributed by atoms with Gasteiger partial charge in [0.05, 0.1) is 10.7 Å². The first-order chi connectivity index (χ1) is 20.8. The van der Waals surface area contributed by atoms with E-state index in [9.17, 15) is 9.59 Å². The van der Waals surface area contributed by atoms with Crippen LogP contribution in [-0.2, 0) is 17.8 Å². The number of rotatable bonds is 8. The zero-order chi connectivity index (χ0) is 30.5. The van der Waals surface area contributed by atoms with Gasteiger partial charge in [-0.05, 0) is 72.4 Å². The molecule has 5 rings (SSSR count). The van der Waals surface area contributed by atoms with Crippen LogP contribution >= 0.6 is 11.6 Å². The maximum absolute atomic E-state index is 14.0. The normalized spacial score (nSPS) is 13.1. The number of benzene rings is 4. The Balaban J connectivity index is 1.51. The molecular formula is C36H39ClN4O2. The summed E-state index contributed by atoms with van der Waals surface area (Å²) in [4.78, 5) is 30.7. The number of amides is 2. The van der Waals surface area contributed by atoms with Crippen molar-refractivity contribution in [2.24, 2.45) is 0 Å². The summed E-state index contributed by atoms with van der Waals surface area (Å²) >= 11 is 6.61. The molecule has 0 atom stereocenters. The molecule has 2 amide bonds. The molecule has 0 unspecified atom stereocenters. The highest BCUT2D eigenvalue weighted by atomic mass is 35.5. The molecule has 7 heteroatoms. The summed E-state index contributed by atoms with van der Waals surface area (Å²) < 4.78 is 0. The van der Waals surface area contributed by atoms with Crippen molar-refractivity contribution in [3.63, 3.8) is 0 Å². The van der Waals surface area contributed by atoms with Gasteiger partial charge in [-0.3, -0.25) is 9.59 Å². The Morgan fingerprint density at radius 3 is 2.21 bits per heavy atom. The molecule has 0 aliphatic carbocycles. The van der Waals surface area contributed by atoms with E-state index < -0.39 is 0 Å². The number of nitrogens with one attached hydrogen (secondary N) is 2. The van der Waals surface area contributed by atoms with Crippen molar-refractivity contribution in [2.75, 3.05) is 41.7 Å². The predicted octanol–water partition coefficient (Wildman–Crippen LogP) is 7.72. The van der Waals surface area contributed by atoms with Gasteiger partial charge in [-0.25, -0.2) is 0 Å². The first-order valence-corrected chi connectivity index (χ1v) is 15.3. The smallest absolute Gasteiger partial charge is 0.254 e. The fourth-order valence-corrected chi connectivity index (χ4v) is 6.15. The number of nitrogens with zero attached hydrogens (tertiary/aromatic N) is 2. The van der Waals surface area contributed by atoms with Crippen LogP contribution in [0.25, 0.3) is 11.1 Å². The molecule has 6 nitrogen and oxygen atoms in total. The van der Waals surface area contributed by atoms with Gasteiger partial charge in [-0.2, -0.15) is 0 Å². The van der Waals surface area contributed by atoms with Crippen LogP contribution in [0.4, 0.5) is 17.1 Å². The molecule has 4 aromatic carbocycles. The number of halogens is 1. The Hall–Kier alpha value is -4.29. The maximum Gasteiger partial charge on any atom is 0.254 e. The molecule has 1 aliphatic heterocycles. The third-order valence-electron chi connectivity index (χ3n) is 8.19. The standard InChI is InChI=1S/C36H39ClN4O2/c1-5-27-13-10-15-32(37)35(27)38-23-31-30(29-14-8-6-11-24(29)2)21-28(22-33(31)39-26(4)42)36(43)41-19-17-40(18-20-41)34-16-9-7-12-25(34)3/h6-16,21-22,38H,5,17-20,23H2,1-4H3,(H,39,42). The summed E-state index contributed by atoms with van der Waals surface area (Å²) in [6.07, 6.45) is 0.830. The minimum absolute atomic E-state index is 0.0373. The second-order valence-electron chi connectivity index (χ2n) is 11.1. The van der Waals surface area contributed by atoms with Crippen LogP contribution in [0.2, 0.25) is 5.02 Å². The highest BCUT2D eigenvalue weighted by Crippen LogP contribution is 2.36. The van der Waals surface area contributed by atoms with Gasteiger partial charge in [-0.1, -0.05) is 73.1 Å². The summed E-state index contributed by atoms with van der Waals surface area (Å²) in [6, 6.07) is 26.2. The van der Waals surface area contributed by atoms with Gasteiger partial charge in [0.2, 0.25) is 5.91 Å². The third-order valence-corrected chi connectivity index (χ3v) is 8.50. The van der Waals surface area contributed by atoms with E-state index in [-0.39, 0.29) is 11.8 Å². The van der Waals surface area contributed by atoms with Crippen molar-refractivity contribution < 1.29 is 9.59 Å². The Bertz CT molecular complexity index is 1640. The maximum atomic E-state index is 14.0. The van der Waals surface area contributed by atoms with Gasteiger partial charge in [0, 0.05) is 62.1 Å². The lowest BCUT2D eigenvalue weighted by Gasteiger charge is -2.37. The Morgan fingerprint density at radius 1 is 0.837 bits per heavy atom. The largest absolute Gasteiger partial charge is 0.379 e. The molecule has 0 spiro atoms. The van der Waals surface area contributed by atoms with Crippen LogP contribution in [-0.4, -0.2) is 42.9 Å². The summed E-state index contributed by atoms with van der Waals surface area (Å²) in [5.41, 5.74) is 9.51. The number of piperazine rings is 1. The summed E-state index contributed by atoms with van der Waals surface area (Å²) in [5, 5.41) is 7.22. The Kier molecular flexibility index (Phi) is 9.37. The number of carbonyl (C=O) groups is 2. The third kappa shape index (κ3) is 6.70. The van der Waals surface area contributed by atoms with Gasteiger partial charge in [0.1, 0.15) is 0 Å². The summed E-state index contributed by atoms with van der Waals surface area (Å²) in [7, 11) is 0. The van der Waals surface area contributed by atoms with Crippen LogP contribution in [0, 0.1) is 13.8 Å². The fourth-order valence-electron chi connectivity index (χ4n) is 5.89. The van der Waals surface area contributed by atoms with Crippen LogP contribution < -0.4 is 15.5 Å². The molecule has 1 aliphatic rings. The van der Waals surface area contributed by atoms with Gasteiger partial charge < -0.3 is 20.4 Å². The lowest BCUT2D eigenvalue weighted by molar-refractivity contribution is -0.114. The van der Waals surface area contributed by atoms with E-state index in [0.29, 0.717) is 35.9 Å². The van der Waals surface area contributed by atoms with Gasteiger partial charge >= 0.3 is 0 Å². The lowest BCUT2D eigenvalue weighted by atomic mass is 9.92. The average molecular weight is 595 g/mol. The van der Waals surface area contributed by atoms with Crippen LogP contribution in [0.1, 0.15) is 46.5 Å². The summed E-state index contributed by atoms with van der Waals surface area (Å²) in [6.45, 7) is 11.0. The molecule has 222 valence electrons. The van der Waals surface area contributed by atoms with Crippen molar-refractivity contribution in [1.29, 1.82) is 0 Å². The van der Waals surface area contributed by atoms with E-state index >= 15 is 0 Å². The molecule has 1 heterocycles. The number of anilines is 3. The Labute approximate surface area is 259 Å². The molecule has 0 radical (unpaired) electrons. The highest BCUT2D eigenvalue weighted by molar-refractivity contribution is 6.33. The fraction of sp³-hybridized carbons (Fsp3) is 0.278. The number of carbonyl (C=O) groups excluding carboxylic acids is 2. The first kappa shape index (κ1) is 30.2. The predicted molar refractivity (Wildman–Crippen MR) is 178 cm³/mol.